The first-order valence-electron chi connectivity index (χ1n) is 8.71. The molecule has 3 aromatic rings. The van der Waals surface area contributed by atoms with E-state index in [-0.39, 0.29) is 17.4 Å². The summed E-state index contributed by atoms with van der Waals surface area (Å²) in [5.74, 6) is 1.03. The molecule has 1 amide bonds. The monoisotopic (exact) mass is 366 g/mol. The largest absolute Gasteiger partial charge is 0.339 e. The molecule has 9 nitrogen and oxygen atoms in total. The maximum atomic E-state index is 12.7. The predicted molar refractivity (Wildman–Crippen MR) is 95.0 cm³/mol. The highest BCUT2D eigenvalue weighted by molar-refractivity contribution is 5.93. The van der Waals surface area contributed by atoms with Crippen molar-refractivity contribution in [1.82, 2.24) is 30.0 Å². The SMILES string of the molecule is Cc1ncc(C(=O)N2CCCC(c3nc(-c4cccnc4)no3)C2)c(=O)[nH]1. The molecule has 3 aromatic heterocycles. The number of amides is 1. The Balaban J connectivity index is 1.52. The van der Waals surface area contributed by atoms with Gasteiger partial charge < -0.3 is 14.4 Å². The lowest BCUT2D eigenvalue weighted by Crippen LogP contribution is -2.41. The minimum Gasteiger partial charge on any atom is -0.339 e. The molecule has 1 aliphatic heterocycles. The second-order valence-corrected chi connectivity index (χ2v) is 6.50. The number of likely N-dealkylation sites (tertiary alicyclic amines) is 1. The van der Waals surface area contributed by atoms with Gasteiger partial charge >= 0.3 is 0 Å². The van der Waals surface area contributed by atoms with Crippen molar-refractivity contribution in [1.29, 1.82) is 0 Å². The lowest BCUT2D eigenvalue weighted by Gasteiger charge is -2.30. The second kappa shape index (κ2) is 7.10. The molecule has 0 radical (unpaired) electrons. The van der Waals surface area contributed by atoms with E-state index in [1.165, 1.54) is 6.20 Å². The van der Waals surface area contributed by atoms with Crippen LogP contribution < -0.4 is 5.56 Å². The van der Waals surface area contributed by atoms with Gasteiger partial charge in [-0.1, -0.05) is 5.16 Å². The van der Waals surface area contributed by atoms with E-state index >= 15 is 0 Å². The van der Waals surface area contributed by atoms with Gasteiger partial charge in [0.25, 0.3) is 11.5 Å². The van der Waals surface area contributed by atoms with Crippen molar-refractivity contribution < 1.29 is 9.32 Å². The number of carbonyl (C=O) groups is 1. The number of hydrogen-bond donors (Lipinski definition) is 1. The van der Waals surface area contributed by atoms with Crippen molar-refractivity contribution in [2.24, 2.45) is 0 Å². The Morgan fingerprint density at radius 1 is 1.37 bits per heavy atom. The molecule has 1 N–H and O–H groups in total. The summed E-state index contributed by atoms with van der Waals surface area (Å²) in [5.41, 5.74) is 0.391. The van der Waals surface area contributed by atoms with E-state index in [4.69, 9.17) is 4.52 Å². The molecule has 138 valence electrons. The third-order valence-corrected chi connectivity index (χ3v) is 4.58. The van der Waals surface area contributed by atoms with Crippen LogP contribution in [0.4, 0.5) is 0 Å². The normalized spacial score (nSPS) is 17.1. The Morgan fingerprint density at radius 2 is 2.26 bits per heavy atom. The Kier molecular flexibility index (Phi) is 4.49. The molecule has 27 heavy (non-hydrogen) atoms. The molecular weight excluding hydrogens is 348 g/mol. The first-order chi connectivity index (χ1) is 13.1. The molecule has 4 heterocycles. The summed E-state index contributed by atoms with van der Waals surface area (Å²) < 4.78 is 5.42. The van der Waals surface area contributed by atoms with E-state index in [0.29, 0.717) is 30.6 Å². The van der Waals surface area contributed by atoms with Crippen LogP contribution in [0.25, 0.3) is 11.4 Å². The van der Waals surface area contributed by atoms with E-state index in [2.05, 4.69) is 25.1 Å². The number of nitrogens with one attached hydrogen (secondary N) is 1. The number of aromatic nitrogens is 5. The first-order valence-corrected chi connectivity index (χ1v) is 8.71. The topological polar surface area (TPSA) is 118 Å². The summed E-state index contributed by atoms with van der Waals surface area (Å²) in [7, 11) is 0. The number of piperidine rings is 1. The zero-order valence-electron chi connectivity index (χ0n) is 14.8. The number of nitrogens with zero attached hydrogens (tertiary/aromatic N) is 5. The van der Waals surface area contributed by atoms with Crippen LogP contribution in [0.3, 0.4) is 0 Å². The van der Waals surface area contributed by atoms with Gasteiger partial charge in [-0.15, -0.1) is 0 Å². The summed E-state index contributed by atoms with van der Waals surface area (Å²) in [6.07, 6.45) is 6.30. The number of rotatable bonds is 3. The van der Waals surface area contributed by atoms with Crippen LogP contribution in [0.1, 0.15) is 40.8 Å². The number of aryl methyl sites for hydroxylation is 1. The molecule has 4 rings (SSSR count). The number of pyridine rings is 1. The molecule has 0 aliphatic carbocycles. The van der Waals surface area contributed by atoms with Gasteiger partial charge in [-0.3, -0.25) is 14.6 Å². The van der Waals surface area contributed by atoms with Crippen LogP contribution in [-0.4, -0.2) is 49.0 Å². The average molecular weight is 366 g/mol. The zero-order valence-corrected chi connectivity index (χ0v) is 14.8. The van der Waals surface area contributed by atoms with Gasteiger partial charge in [-0.25, -0.2) is 4.98 Å². The molecular formula is C18H18N6O3. The third-order valence-electron chi connectivity index (χ3n) is 4.58. The van der Waals surface area contributed by atoms with Crippen LogP contribution in [0, 0.1) is 6.92 Å². The summed E-state index contributed by atoms with van der Waals surface area (Å²) in [6, 6.07) is 3.66. The molecule has 1 atom stereocenters. The Labute approximate surface area is 154 Å². The minimum atomic E-state index is -0.425. The number of H-pyrrole nitrogens is 1. The highest BCUT2D eigenvalue weighted by Gasteiger charge is 2.30. The van der Waals surface area contributed by atoms with Crippen molar-refractivity contribution in [2.75, 3.05) is 13.1 Å². The molecule has 1 saturated heterocycles. The number of carbonyl (C=O) groups excluding carboxylic acids is 1. The highest BCUT2D eigenvalue weighted by Crippen LogP contribution is 2.27. The Hall–Kier alpha value is -3.36. The fourth-order valence-corrected chi connectivity index (χ4v) is 3.18. The second-order valence-electron chi connectivity index (χ2n) is 6.50. The smallest absolute Gasteiger partial charge is 0.263 e. The molecule has 0 bridgehead atoms. The third kappa shape index (κ3) is 3.48. The number of hydrogen-bond acceptors (Lipinski definition) is 7. The van der Waals surface area contributed by atoms with Gasteiger partial charge in [0.15, 0.2) is 0 Å². The van der Waals surface area contributed by atoms with E-state index in [9.17, 15) is 9.59 Å². The minimum absolute atomic E-state index is 0.0443. The van der Waals surface area contributed by atoms with E-state index < -0.39 is 5.56 Å². The summed E-state index contributed by atoms with van der Waals surface area (Å²) >= 11 is 0. The molecule has 1 aliphatic rings. The van der Waals surface area contributed by atoms with Gasteiger partial charge in [0.2, 0.25) is 11.7 Å². The van der Waals surface area contributed by atoms with E-state index in [1.807, 2.05) is 6.07 Å². The highest BCUT2D eigenvalue weighted by atomic mass is 16.5. The molecule has 9 heteroatoms. The van der Waals surface area contributed by atoms with Crippen LogP contribution in [-0.2, 0) is 0 Å². The average Bonchev–Trinajstić information content (AvgIpc) is 3.19. The van der Waals surface area contributed by atoms with Crippen LogP contribution in [0.5, 0.6) is 0 Å². The molecule has 0 aromatic carbocycles. The van der Waals surface area contributed by atoms with Crippen molar-refractivity contribution in [3.63, 3.8) is 0 Å². The van der Waals surface area contributed by atoms with Gasteiger partial charge in [0.05, 0.1) is 5.92 Å². The summed E-state index contributed by atoms with van der Waals surface area (Å²) in [4.78, 5) is 41.5. The lowest BCUT2D eigenvalue weighted by molar-refractivity contribution is 0.0693. The Bertz CT molecular complexity index is 1010. The maximum Gasteiger partial charge on any atom is 0.263 e. The fourth-order valence-electron chi connectivity index (χ4n) is 3.18. The molecule has 0 saturated carbocycles. The molecule has 1 unspecified atom stereocenters. The number of aromatic amines is 1. The van der Waals surface area contributed by atoms with Crippen LogP contribution in [0.2, 0.25) is 0 Å². The summed E-state index contributed by atoms with van der Waals surface area (Å²) in [6.45, 7) is 2.66. The van der Waals surface area contributed by atoms with Crippen molar-refractivity contribution in [2.45, 2.75) is 25.7 Å². The fraction of sp³-hybridized carbons (Fsp3) is 0.333. The molecule has 1 fully saturated rings. The maximum absolute atomic E-state index is 12.7. The quantitative estimate of drug-likeness (QED) is 0.747. The lowest BCUT2D eigenvalue weighted by atomic mass is 9.97. The zero-order chi connectivity index (χ0) is 18.8. The van der Waals surface area contributed by atoms with Crippen LogP contribution >= 0.6 is 0 Å². The van der Waals surface area contributed by atoms with Gasteiger partial charge in [-0.05, 0) is 31.9 Å². The van der Waals surface area contributed by atoms with Crippen molar-refractivity contribution >= 4 is 5.91 Å². The van der Waals surface area contributed by atoms with Crippen molar-refractivity contribution in [3.05, 3.63) is 58.4 Å². The van der Waals surface area contributed by atoms with Gasteiger partial charge in [-0.2, -0.15) is 4.98 Å². The standard InChI is InChI=1S/C18H18N6O3/c1-11-20-9-14(16(25)21-11)18(26)24-7-3-5-13(10-24)17-22-15(23-27-17)12-4-2-6-19-8-12/h2,4,6,8-9,13H,3,5,7,10H2,1H3,(H,20,21,25). The van der Waals surface area contributed by atoms with E-state index in [0.717, 1.165) is 18.4 Å². The Morgan fingerprint density at radius 3 is 3.04 bits per heavy atom. The van der Waals surface area contributed by atoms with Gasteiger partial charge in [0.1, 0.15) is 11.4 Å². The predicted octanol–water partition coefficient (Wildman–Crippen LogP) is 1.54. The van der Waals surface area contributed by atoms with Gasteiger partial charge in [0, 0.05) is 37.2 Å². The summed E-state index contributed by atoms with van der Waals surface area (Å²) in [5, 5.41) is 4.02. The van der Waals surface area contributed by atoms with E-state index in [1.54, 1.807) is 30.3 Å². The van der Waals surface area contributed by atoms with Crippen molar-refractivity contribution in [3.8, 4) is 11.4 Å². The first kappa shape index (κ1) is 17.1. The van der Waals surface area contributed by atoms with Crippen LogP contribution in [0.15, 0.2) is 40.0 Å². The molecule has 0 spiro atoms.